The molecule has 3 aromatic rings. The fraction of sp³-hybridized carbons (Fsp3) is 0.438. The molecule has 0 radical (unpaired) electrons. The number of carbonyl (C=O) groups is 1. The van der Waals surface area contributed by atoms with Gasteiger partial charge in [0, 0.05) is 44.1 Å². The van der Waals surface area contributed by atoms with E-state index in [9.17, 15) is 9.18 Å². The Bertz CT molecular complexity index is 1350. The second-order valence-corrected chi connectivity index (χ2v) is 11.2. The molecule has 1 fully saturated rings. The van der Waals surface area contributed by atoms with Crippen LogP contribution in [0.15, 0.2) is 71.9 Å². The van der Waals surface area contributed by atoms with Gasteiger partial charge in [-0.15, -0.1) is 0 Å². The number of nitrogens with zero attached hydrogens (tertiary/aromatic N) is 3. The van der Waals surface area contributed by atoms with Gasteiger partial charge in [-0.1, -0.05) is 48.4 Å². The predicted molar refractivity (Wildman–Crippen MR) is 153 cm³/mol. The monoisotopic (exact) mass is 543 g/mol. The number of hydrogen-bond acceptors (Lipinski definition) is 4. The van der Waals surface area contributed by atoms with Gasteiger partial charge >= 0.3 is 6.03 Å². The van der Waals surface area contributed by atoms with Crippen molar-refractivity contribution in [2.75, 3.05) is 39.4 Å². The van der Waals surface area contributed by atoms with Crippen molar-refractivity contribution in [1.29, 1.82) is 0 Å². The zero-order valence-corrected chi connectivity index (χ0v) is 23.1. The van der Waals surface area contributed by atoms with Crippen LogP contribution in [0, 0.1) is 11.7 Å². The standard InChI is InChI=1S/C32H38FN5O2/c1-22-28-21-35-38(27-11-9-26(33)10-12-27)30(28)20-25-8-7-24(31(22)25)19-29(23-5-3-2-4-6-23)36-32(39)34-13-14-37-15-17-40-18-16-37/h2-6,9-12,21-22,24,29H,7-8,13-20H2,1H3,(H2,34,36,39)/t22-,24+,29?/m0/s1. The molecule has 40 heavy (non-hydrogen) atoms. The van der Waals surface area contributed by atoms with Crippen LogP contribution in [0.5, 0.6) is 0 Å². The Kier molecular flexibility index (Phi) is 7.98. The summed E-state index contributed by atoms with van der Waals surface area (Å²) in [6.07, 6.45) is 5.87. The van der Waals surface area contributed by atoms with Crippen LogP contribution >= 0.6 is 0 Å². The highest BCUT2D eigenvalue weighted by molar-refractivity contribution is 5.74. The van der Waals surface area contributed by atoms with Gasteiger partial charge in [0.2, 0.25) is 0 Å². The lowest BCUT2D eigenvalue weighted by atomic mass is 9.78. The van der Waals surface area contributed by atoms with Crippen molar-refractivity contribution in [3.8, 4) is 5.69 Å². The van der Waals surface area contributed by atoms with E-state index in [4.69, 9.17) is 9.84 Å². The third-order valence-electron chi connectivity index (χ3n) is 8.77. The summed E-state index contributed by atoms with van der Waals surface area (Å²) in [5, 5.41) is 11.1. The number of hydrogen-bond donors (Lipinski definition) is 2. The van der Waals surface area contributed by atoms with E-state index in [-0.39, 0.29) is 23.8 Å². The number of aromatic nitrogens is 2. The van der Waals surface area contributed by atoms with E-state index in [2.05, 4.69) is 34.6 Å². The summed E-state index contributed by atoms with van der Waals surface area (Å²) in [5.74, 6) is 0.416. The molecule has 7 nitrogen and oxygen atoms in total. The summed E-state index contributed by atoms with van der Waals surface area (Å²) in [5.41, 5.74) is 7.49. The molecular formula is C32H38FN5O2. The van der Waals surface area contributed by atoms with Gasteiger partial charge in [0.25, 0.3) is 0 Å². The van der Waals surface area contributed by atoms with Crippen LogP contribution in [0.2, 0.25) is 0 Å². The van der Waals surface area contributed by atoms with Crippen molar-refractivity contribution in [3.63, 3.8) is 0 Å². The average Bonchev–Trinajstić information content (AvgIpc) is 3.59. The summed E-state index contributed by atoms with van der Waals surface area (Å²) < 4.78 is 20.9. The van der Waals surface area contributed by atoms with Crippen LogP contribution in [-0.2, 0) is 11.2 Å². The van der Waals surface area contributed by atoms with E-state index in [1.54, 1.807) is 12.1 Å². The van der Waals surface area contributed by atoms with E-state index < -0.39 is 0 Å². The van der Waals surface area contributed by atoms with Crippen LogP contribution < -0.4 is 10.6 Å². The van der Waals surface area contributed by atoms with Gasteiger partial charge in [-0.2, -0.15) is 5.10 Å². The minimum absolute atomic E-state index is 0.0722. The molecule has 1 aliphatic heterocycles. The molecule has 2 N–H and O–H groups in total. The number of fused-ring (bicyclic) bond motifs is 1. The first-order valence-corrected chi connectivity index (χ1v) is 14.5. The number of amides is 2. The predicted octanol–water partition coefficient (Wildman–Crippen LogP) is 5.14. The molecular weight excluding hydrogens is 505 g/mol. The normalized spacial score (nSPS) is 21.6. The lowest BCUT2D eigenvalue weighted by molar-refractivity contribution is 0.0387. The van der Waals surface area contributed by atoms with E-state index in [0.717, 1.165) is 69.8 Å². The van der Waals surface area contributed by atoms with Crippen molar-refractivity contribution >= 4 is 6.03 Å². The van der Waals surface area contributed by atoms with Crippen LogP contribution in [-0.4, -0.2) is 60.1 Å². The highest BCUT2D eigenvalue weighted by Gasteiger charge is 2.37. The molecule has 0 spiro atoms. The number of urea groups is 1. The summed E-state index contributed by atoms with van der Waals surface area (Å²) >= 11 is 0. The molecule has 6 rings (SSSR count). The van der Waals surface area contributed by atoms with Crippen LogP contribution in [0.1, 0.15) is 55.0 Å². The van der Waals surface area contributed by atoms with Gasteiger partial charge in [-0.3, -0.25) is 4.90 Å². The maximum atomic E-state index is 13.5. The number of nitrogens with one attached hydrogen (secondary N) is 2. The molecule has 1 unspecified atom stereocenters. The average molecular weight is 544 g/mol. The lowest BCUT2D eigenvalue weighted by Gasteiger charge is -2.30. The molecule has 2 aromatic carbocycles. The summed E-state index contributed by atoms with van der Waals surface area (Å²) in [6.45, 7) is 7.07. The number of morpholine rings is 1. The Morgan fingerprint density at radius 1 is 1.12 bits per heavy atom. The summed E-state index contributed by atoms with van der Waals surface area (Å²) in [4.78, 5) is 15.3. The van der Waals surface area contributed by atoms with Gasteiger partial charge in [-0.05, 0) is 55.0 Å². The van der Waals surface area contributed by atoms with Gasteiger partial charge in [0.05, 0.1) is 36.8 Å². The van der Waals surface area contributed by atoms with Gasteiger partial charge in [0.15, 0.2) is 0 Å². The van der Waals surface area contributed by atoms with Crippen LogP contribution in [0.4, 0.5) is 9.18 Å². The Morgan fingerprint density at radius 2 is 1.90 bits per heavy atom. The first kappa shape index (κ1) is 26.7. The molecule has 3 atom stereocenters. The van der Waals surface area contributed by atoms with Crippen molar-refractivity contribution < 1.29 is 13.9 Å². The van der Waals surface area contributed by atoms with Crippen LogP contribution in [0.25, 0.3) is 5.69 Å². The number of ether oxygens (including phenoxy) is 1. The SMILES string of the molecule is C[C@@H]1C2=C(CC[C@@H]2CC(NC(=O)NCCN2CCOCC2)c2ccccc2)Cc2c1cnn2-c1ccc(F)cc1. The second-order valence-electron chi connectivity index (χ2n) is 11.2. The summed E-state index contributed by atoms with van der Waals surface area (Å²) in [6, 6.07) is 16.7. The Hall–Kier alpha value is -3.49. The molecule has 1 saturated heterocycles. The van der Waals surface area contributed by atoms with Crippen molar-refractivity contribution in [2.24, 2.45) is 5.92 Å². The largest absolute Gasteiger partial charge is 0.379 e. The van der Waals surface area contributed by atoms with E-state index in [1.807, 2.05) is 29.1 Å². The molecule has 210 valence electrons. The third kappa shape index (κ3) is 5.69. The van der Waals surface area contributed by atoms with E-state index >= 15 is 0 Å². The first-order chi connectivity index (χ1) is 19.6. The lowest BCUT2D eigenvalue weighted by Crippen LogP contribution is -2.44. The topological polar surface area (TPSA) is 71.4 Å². The number of carbonyl (C=O) groups excluding carboxylic acids is 1. The van der Waals surface area contributed by atoms with Gasteiger partial charge in [-0.25, -0.2) is 13.9 Å². The first-order valence-electron chi connectivity index (χ1n) is 14.5. The zero-order chi connectivity index (χ0) is 27.5. The van der Waals surface area contributed by atoms with Gasteiger partial charge in [0.1, 0.15) is 5.82 Å². The fourth-order valence-corrected chi connectivity index (χ4v) is 6.74. The Balaban J connectivity index is 1.15. The van der Waals surface area contributed by atoms with E-state index in [1.165, 1.54) is 34.5 Å². The Morgan fingerprint density at radius 3 is 2.67 bits per heavy atom. The zero-order valence-electron chi connectivity index (χ0n) is 23.1. The molecule has 2 heterocycles. The molecule has 0 saturated carbocycles. The number of halogens is 1. The number of rotatable bonds is 8. The summed E-state index contributed by atoms with van der Waals surface area (Å²) in [7, 11) is 0. The number of benzene rings is 2. The number of allylic oxidation sites excluding steroid dienone is 2. The van der Waals surface area contributed by atoms with Crippen molar-refractivity contribution in [2.45, 2.75) is 44.6 Å². The maximum absolute atomic E-state index is 13.5. The van der Waals surface area contributed by atoms with Gasteiger partial charge < -0.3 is 15.4 Å². The molecule has 3 aliphatic rings. The minimum Gasteiger partial charge on any atom is -0.379 e. The highest BCUT2D eigenvalue weighted by Crippen LogP contribution is 2.49. The third-order valence-corrected chi connectivity index (χ3v) is 8.77. The molecule has 2 aliphatic carbocycles. The smallest absolute Gasteiger partial charge is 0.315 e. The highest BCUT2D eigenvalue weighted by atomic mass is 19.1. The molecule has 0 bridgehead atoms. The van der Waals surface area contributed by atoms with E-state index in [0.29, 0.717) is 12.5 Å². The fourth-order valence-electron chi connectivity index (χ4n) is 6.74. The molecule has 1 aromatic heterocycles. The minimum atomic E-state index is -0.242. The second kappa shape index (κ2) is 11.9. The maximum Gasteiger partial charge on any atom is 0.315 e. The van der Waals surface area contributed by atoms with Crippen molar-refractivity contribution in [1.82, 2.24) is 25.3 Å². The quantitative estimate of drug-likeness (QED) is 0.386. The molecule has 8 heteroatoms. The molecule has 2 amide bonds. The Labute approximate surface area is 235 Å². The van der Waals surface area contributed by atoms with Crippen LogP contribution in [0.3, 0.4) is 0 Å². The van der Waals surface area contributed by atoms with Crippen molar-refractivity contribution in [3.05, 3.63) is 94.6 Å².